The van der Waals surface area contributed by atoms with Crippen molar-refractivity contribution in [3.63, 3.8) is 0 Å². The van der Waals surface area contributed by atoms with Crippen molar-refractivity contribution in [2.24, 2.45) is 11.0 Å². The SMILES string of the molecule is COc1cc(/C=N\NC(=S)N[C@@H]2CCCC[C@H]2C)cc(OC)c1. The van der Waals surface area contributed by atoms with Crippen LogP contribution in [0.5, 0.6) is 11.5 Å². The molecule has 5 nitrogen and oxygen atoms in total. The molecule has 1 aliphatic rings. The molecule has 1 aromatic carbocycles. The molecule has 0 spiro atoms. The smallest absolute Gasteiger partial charge is 0.187 e. The molecule has 1 aromatic rings. The second-order valence-electron chi connectivity index (χ2n) is 5.86. The molecule has 2 atom stereocenters. The lowest BCUT2D eigenvalue weighted by Gasteiger charge is -2.30. The third kappa shape index (κ3) is 5.39. The van der Waals surface area contributed by atoms with E-state index in [1.165, 1.54) is 25.7 Å². The number of thiocarbonyl (C=S) groups is 1. The maximum atomic E-state index is 5.32. The zero-order valence-electron chi connectivity index (χ0n) is 14.0. The van der Waals surface area contributed by atoms with Crippen LogP contribution in [0.3, 0.4) is 0 Å². The Morgan fingerprint density at radius 2 is 1.83 bits per heavy atom. The Kier molecular flexibility index (Phi) is 6.65. The van der Waals surface area contributed by atoms with Gasteiger partial charge in [-0.3, -0.25) is 5.43 Å². The molecule has 0 aliphatic heterocycles. The highest BCUT2D eigenvalue weighted by Gasteiger charge is 2.21. The molecule has 0 amide bonds. The maximum absolute atomic E-state index is 5.32. The van der Waals surface area contributed by atoms with Crippen molar-refractivity contribution in [1.29, 1.82) is 0 Å². The third-order valence-electron chi connectivity index (χ3n) is 4.18. The molecule has 1 saturated carbocycles. The lowest BCUT2D eigenvalue weighted by molar-refractivity contribution is 0.308. The molecule has 1 aliphatic carbocycles. The summed E-state index contributed by atoms with van der Waals surface area (Å²) in [7, 11) is 3.25. The molecule has 0 bridgehead atoms. The van der Waals surface area contributed by atoms with Crippen molar-refractivity contribution >= 4 is 23.5 Å². The summed E-state index contributed by atoms with van der Waals surface area (Å²) in [4.78, 5) is 0. The van der Waals surface area contributed by atoms with Gasteiger partial charge in [0.25, 0.3) is 0 Å². The number of nitrogens with one attached hydrogen (secondary N) is 2. The Morgan fingerprint density at radius 1 is 1.17 bits per heavy atom. The van der Waals surface area contributed by atoms with Crippen LogP contribution in [-0.2, 0) is 0 Å². The molecule has 23 heavy (non-hydrogen) atoms. The van der Waals surface area contributed by atoms with Crippen molar-refractivity contribution < 1.29 is 9.47 Å². The summed E-state index contributed by atoms with van der Waals surface area (Å²) >= 11 is 5.32. The first-order chi connectivity index (χ1) is 11.1. The van der Waals surface area contributed by atoms with Crippen LogP contribution >= 0.6 is 12.2 Å². The minimum Gasteiger partial charge on any atom is -0.497 e. The highest BCUT2D eigenvalue weighted by atomic mass is 32.1. The summed E-state index contributed by atoms with van der Waals surface area (Å²) in [5, 5.41) is 8.11. The van der Waals surface area contributed by atoms with Crippen molar-refractivity contribution in [3.8, 4) is 11.5 Å². The van der Waals surface area contributed by atoms with Crippen LogP contribution in [0.15, 0.2) is 23.3 Å². The van der Waals surface area contributed by atoms with Crippen molar-refractivity contribution in [1.82, 2.24) is 10.7 Å². The molecular formula is C17H25N3O2S. The average molecular weight is 335 g/mol. The van der Waals surface area contributed by atoms with Gasteiger partial charge in [-0.25, -0.2) is 0 Å². The molecule has 1 fully saturated rings. The average Bonchev–Trinajstić information content (AvgIpc) is 2.56. The fourth-order valence-electron chi connectivity index (χ4n) is 2.80. The Bertz CT molecular complexity index is 541. The number of methoxy groups -OCH3 is 2. The van der Waals surface area contributed by atoms with Gasteiger partial charge in [-0.15, -0.1) is 0 Å². The van der Waals surface area contributed by atoms with E-state index < -0.39 is 0 Å². The molecule has 6 heteroatoms. The van der Waals surface area contributed by atoms with Crippen LogP contribution in [0, 0.1) is 5.92 Å². The first-order valence-electron chi connectivity index (χ1n) is 7.95. The molecule has 0 aromatic heterocycles. The highest BCUT2D eigenvalue weighted by Crippen LogP contribution is 2.23. The Morgan fingerprint density at radius 3 is 2.43 bits per heavy atom. The summed E-state index contributed by atoms with van der Waals surface area (Å²) in [6.45, 7) is 2.27. The molecule has 0 saturated heterocycles. The summed E-state index contributed by atoms with van der Waals surface area (Å²) in [6, 6.07) is 6.03. The van der Waals surface area contributed by atoms with Gasteiger partial charge in [0.1, 0.15) is 11.5 Å². The van der Waals surface area contributed by atoms with Crippen molar-refractivity contribution in [3.05, 3.63) is 23.8 Å². The van der Waals surface area contributed by atoms with E-state index in [1.807, 2.05) is 18.2 Å². The molecule has 2 rings (SSSR count). The highest BCUT2D eigenvalue weighted by molar-refractivity contribution is 7.80. The largest absolute Gasteiger partial charge is 0.497 e. The van der Waals surface area contributed by atoms with Crippen LogP contribution in [0.2, 0.25) is 0 Å². The number of hydrazone groups is 1. The van der Waals surface area contributed by atoms with Gasteiger partial charge in [-0.05, 0) is 43.1 Å². The summed E-state index contributed by atoms with van der Waals surface area (Å²) in [5.41, 5.74) is 3.76. The van der Waals surface area contributed by atoms with E-state index in [9.17, 15) is 0 Å². The number of nitrogens with zero attached hydrogens (tertiary/aromatic N) is 1. The standard InChI is InChI=1S/C17H25N3O2S/c1-12-6-4-5-7-16(12)19-17(23)20-18-11-13-8-14(21-2)10-15(9-13)22-3/h8-12,16H,4-7H2,1-3H3,(H2,19,20,23)/b18-11-/t12-,16-/m1/s1. The molecule has 0 radical (unpaired) electrons. The second-order valence-corrected chi connectivity index (χ2v) is 6.27. The Balaban J connectivity index is 1.89. The van der Waals surface area contributed by atoms with E-state index in [-0.39, 0.29) is 0 Å². The van der Waals surface area contributed by atoms with E-state index in [0.29, 0.717) is 17.1 Å². The lowest BCUT2D eigenvalue weighted by Crippen LogP contribution is -2.44. The molecule has 2 N–H and O–H groups in total. The summed E-state index contributed by atoms with van der Waals surface area (Å²) < 4.78 is 10.5. The van der Waals surface area contributed by atoms with Crippen molar-refractivity contribution in [2.45, 2.75) is 38.6 Å². The third-order valence-corrected chi connectivity index (χ3v) is 4.39. The number of hydrogen-bond donors (Lipinski definition) is 2. The number of rotatable bonds is 5. The maximum Gasteiger partial charge on any atom is 0.187 e. The minimum absolute atomic E-state index is 0.441. The van der Waals surface area contributed by atoms with E-state index >= 15 is 0 Å². The van der Waals surface area contributed by atoms with E-state index in [1.54, 1.807) is 20.4 Å². The fraction of sp³-hybridized carbons (Fsp3) is 0.529. The van der Waals surface area contributed by atoms with Gasteiger partial charge in [-0.1, -0.05) is 19.8 Å². The van der Waals surface area contributed by atoms with Gasteiger partial charge < -0.3 is 14.8 Å². The van der Waals surface area contributed by atoms with E-state index in [0.717, 1.165) is 17.1 Å². The van der Waals surface area contributed by atoms with Crippen LogP contribution in [0.4, 0.5) is 0 Å². The molecule has 126 valence electrons. The first-order valence-corrected chi connectivity index (χ1v) is 8.36. The normalized spacial score (nSPS) is 21.0. The summed E-state index contributed by atoms with van der Waals surface area (Å²) in [5.74, 6) is 2.10. The Labute approximate surface area is 143 Å². The van der Waals surface area contributed by atoms with Gasteiger partial charge in [0.15, 0.2) is 5.11 Å². The predicted octanol–water partition coefficient (Wildman–Crippen LogP) is 3.08. The van der Waals surface area contributed by atoms with Crippen LogP contribution in [0.1, 0.15) is 38.2 Å². The minimum atomic E-state index is 0.441. The zero-order valence-corrected chi connectivity index (χ0v) is 14.8. The number of hydrogen-bond acceptors (Lipinski definition) is 4. The van der Waals surface area contributed by atoms with Crippen molar-refractivity contribution in [2.75, 3.05) is 14.2 Å². The Hall–Kier alpha value is -1.82. The van der Waals surface area contributed by atoms with Crippen LogP contribution < -0.4 is 20.2 Å². The predicted molar refractivity (Wildman–Crippen MR) is 97.4 cm³/mol. The van der Waals surface area contributed by atoms with E-state index in [4.69, 9.17) is 21.7 Å². The molecule has 0 heterocycles. The van der Waals surface area contributed by atoms with Crippen LogP contribution in [0.25, 0.3) is 0 Å². The van der Waals surface area contributed by atoms with Gasteiger partial charge in [0.05, 0.1) is 20.4 Å². The van der Waals surface area contributed by atoms with Crippen LogP contribution in [-0.4, -0.2) is 31.6 Å². The topological polar surface area (TPSA) is 54.9 Å². The fourth-order valence-corrected chi connectivity index (χ4v) is 3.00. The van der Waals surface area contributed by atoms with E-state index in [2.05, 4.69) is 22.8 Å². The summed E-state index contributed by atoms with van der Waals surface area (Å²) in [6.07, 6.45) is 6.70. The van der Waals surface area contributed by atoms with Gasteiger partial charge >= 0.3 is 0 Å². The number of ether oxygens (including phenoxy) is 2. The van der Waals surface area contributed by atoms with Gasteiger partial charge in [0.2, 0.25) is 0 Å². The zero-order chi connectivity index (χ0) is 16.7. The second kappa shape index (κ2) is 8.72. The lowest BCUT2D eigenvalue weighted by atomic mass is 9.86. The number of benzene rings is 1. The van der Waals surface area contributed by atoms with Gasteiger partial charge in [-0.2, -0.15) is 5.10 Å². The first kappa shape index (κ1) is 17.5. The molecular weight excluding hydrogens is 310 g/mol. The monoisotopic (exact) mass is 335 g/mol. The quantitative estimate of drug-likeness (QED) is 0.492. The molecule has 0 unspecified atom stereocenters. The van der Waals surface area contributed by atoms with Gasteiger partial charge in [0, 0.05) is 17.7 Å².